The Hall–Kier alpha value is -7.94. The van der Waals surface area contributed by atoms with E-state index in [2.05, 4.69) is 235 Å². The highest BCUT2D eigenvalue weighted by atomic mass is 15.0. The van der Waals surface area contributed by atoms with Crippen molar-refractivity contribution in [1.82, 2.24) is 4.57 Å². The molecule has 1 aliphatic rings. The van der Waals surface area contributed by atoms with Crippen LogP contribution in [0.1, 0.15) is 33.4 Å². The first-order valence-corrected chi connectivity index (χ1v) is 20.9. The van der Waals surface area contributed by atoms with Crippen LogP contribution >= 0.6 is 0 Å². The van der Waals surface area contributed by atoms with Crippen molar-refractivity contribution in [3.8, 4) is 39.1 Å². The standard InChI is InChI=1S/C59H42N2/c1-3-40-19-23-42(24-20-40)44-27-35-57-53(37-44)54-38-45(28-36-58(54)61(57)50-15-9-6-10-16-50)43-25-31-48(32-26-43)60-49-33-34-52-51-17-11-12-18-55(51)59(56(52)39-49,46-13-7-5-8-14-46)47-29-21-41(4-2)22-30-47/h3-39,60H,1-2H2. The van der Waals surface area contributed by atoms with E-state index in [0.29, 0.717) is 0 Å². The van der Waals surface area contributed by atoms with Gasteiger partial charge in [-0.2, -0.15) is 0 Å². The third-order valence-corrected chi connectivity index (χ3v) is 12.6. The van der Waals surface area contributed by atoms with E-state index >= 15 is 0 Å². The lowest BCUT2D eigenvalue weighted by Crippen LogP contribution is -2.28. The molecular formula is C59H42N2. The van der Waals surface area contributed by atoms with Crippen molar-refractivity contribution in [2.75, 3.05) is 5.32 Å². The van der Waals surface area contributed by atoms with E-state index in [-0.39, 0.29) is 0 Å². The van der Waals surface area contributed by atoms with Crippen molar-refractivity contribution >= 4 is 45.3 Å². The van der Waals surface area contributed by atoms with Gasteiger partial charge in [-0.1, -0.05) is 177 Å². The number of fused-ring (bicyclic) bond motifs is 6. The number of hydrogen-bond acceptors (Lipinski definition) is 1. The van der Waals surface area contributed by atoms with Crippen molar-refractivity contribution in [3.05, 3.63) is 259 Å². The molecule has 9 aromatic carbocycles. The molecule has 1 heterocycles. The van der Waals surface area contributed by atoms with E-state index in [0.717, 1.165) is 28.2 Å². The topological polar surface area (TPSA) is 17.0 Å². The molecule has 0 saturated carbocycles. The molecular weight excluding hydrogens is 737 g/mol. The minimum atomic E-state index is -0.479. The maximum atomic E-state index is 4.02. The normalized spacial score (nSPS) is 14.1. The first-order chi connectivity index (χ1) is 30.1. The molecule has 61 heavy (non-hydrogen) atoms. The Kier molecular flexibility index (Phi) is 8.72. The summed E-state index contributed by atoms with van der Waals surface area (Å²) in [7, 11) is 0. The second kappa shape index (κ2) is 14.7. The van der Waals surface area contributed by atoms with Crippen molar-refractivity contribution in [2.24, 2.45) is 0 Å². The Morgan fingerprint density at radius 2 is 0.885 bits per heavy atom. The maximum absolute atomic E-state index is 4.02. The van der Waals surface area contributed by atoms with Crippen LogP contribution in [0, 0.1) is 0 Å². The minimum absolute atomic E-state index is 0.479. The quantitative estimate of drug-likeness (QED) is 0.154. The van der Waals surface area contributed by atoms with Crippen LogP contribution in [0.5, 0.6) is 0 Å². The molecule has 11 rings (SSSR count). The predicted molar refractivity (Wildman–Crippen MR) is 259 cm³/mol. The maximum Gasteiger partial charge on any atom is 0.0714 e. The van der Waals surface area contributed by atoms with E-state index < -0.39 is 5.41 Å². The molecule has 1 N–H and O–H groups in total. The second-order valence-electron chi connectivity index (χ2n) is 15.9. The molecule has 0 aliphatic heterocycles. The van der Waals surface area contributed by atoms with E-state index in [9.17, 15) is 0 Å². The second-order valence-corrected chi connectivity index (χ2v) is 15.9. The van der Waals surface area contributed by atoms with Crippen LogP contribution < -0.4 is 5.32 Å². The van der Waals surface area contributed by atoms with Crippen LogP contribution in [0.3, 0.4) is 0 Å². The number of anilines is 2. The predicted octanol–water partition coefficient (Wildman–Crippen LogP) is 15.5. The van der Waals surface area contributed by atoms with Gasteiger partial charge in [-0.3, -0.25) is 0 Å². The highest BCUT2D eigenvalue weighted by molar-refractivity contribution is 6.11. The van der Waals surface area contributed by atoms with E-state index in [4.69, 9.17) is 0 Å². The molecule has 2 nitrogen and oxygen atoms in total. The van der Waals surface area contributed by atoms with Gasteiger partial charge in [0.05, 0.1) is 16.4 Å². The van der Waals surface area contributed by atoms with Crippen molar-refractivity contribution in [1.29, 1.82) is 0 Å². The first-order valence-electron chi connectivity index (χ1n) is 20.9. The monoisotopic (exact) mass is 778 g/mol. The SMILES string of the molecule is C=Cc1ccc(-c2ccc3c(c2)c2cc(-c4ccc(Nc5ccc6c(c5)C(c5ccccc5)(c5ccc(C=C)cc5)c5ccccc5-6)cc4)ccc2n3-c2ccccc2)cc1. The first kappa shape index (κ1) is 36.2. The van der Waals surface area contributed by atoms with Crippen molar-refractivity contribution < 1.29 is 0 Å². The lowest BCUT2D eigenvalue weighted by molar-refractivity contribution is 0.768. The summed E-state index contributed by atoms with van der Waals surface area (Å²) in [5.41, 5.74) is 19.7. The highest BCUT2D eigenvalue weighted by Gasteiger charge is 2.46. The lowest BCUT2D eigenvalue weighted by Gasteiger charge is -2.34. The number of para-hydroxylation sites is 1. The number of nitrogens with zero attached hydrogens (tertiary/aromatic N) is 1. The summed E-state index contributed by atoms with van der Waals surface area (Å²) in [5.74, 6) is 0. The fraction of sp³-hybridized carbons (Fsp3) is 0.0169. The Morgan fingerprint density at radius 3 is 1.51 bits per heavy atom. The van der Waals surface area contributed by atoms with Crippen molar-refractivity contribution in [2.45, 2.75) is 5.41 Å². The summed E-state index contributed by atoms with van der Waals surface area (Å²) in [4.78, 5) is 0. The van der Waals surface area contributed by atoms with Gasteiger partial charge < -0.3 is 9.88 Å². The van der Waals surface area contributed by atoms with E-state index in [1.165, 1.54) is 77.4 Å². The van der Waals surface area contributed by atoms with Crippen molar-refractivity contribution in [3.63, 3.8) is 0 Å². The van der Waals surface area contributed by atoms with Gasteiger partial charge in [-0.25, -0.2) is 0 Å². The van der Waals surface area contributed by atoms with Gasteiger partial charge in [0.1, 0.15) is 0 Å². The molecule has 0 saturated heterocycles. The summed E-state index contributed by atoms with van der Waals surface area (Å²) >= 11 is 0. The van der Waals surface area contributed by atoms with Gasteiger partial charge in [0.15, 0.2) is 0 Å². The molecule has 1 atom stereocenters. The number of hydrogen-bond donors (Lipinski definition) is 1. The number of aromatic nitrogens is 1. The largest absolute Gasteiger partial charge is 0.356 e. The summed E-state index contributed by atoms with van der Waals surface area (Å²) in [6.07, 6.45) is 3.80. The average Bonchev–Trinajstić information content (AvgIpc) is 3.82. The van der Waals surface area contributed by atoms with E-state index in [1.54, 1.807) is 0 Å². The average molecular weight is 779 g/mol. The molecule has 10 aromatic rings. The smallest absolute Gasteiger partial charge is 0.0714 e. The molecule has 288 valence electrons. The van der Waals surface area contributed by atoms with Crippen LogP contribution in [0.4, 0.5) is 11.4 Å². The van der Waals surface area contributed by atoms with Gasteiger partial charge in [-0.05, 0) is 127 Å². The molecule has 2 heteroatoms. The van der Waals surface area contributed by atoms with Crippen LogP contribution in [0.15, 0.2) is 225 Å². The number of rotatable bonds is 9. The van der Waals surface area contributed by atoms with Crippen LogP contribution in [0.2, 0.25) is 0 Å². The lowest BCUT2D eigenvalue weighted by atomic mass is 9.67. The van der Waals surface area contributed by atoms with Gasteiger partial charge in [0, 0.05) is 27.8 Å². The zero-order valence-corrected chi connectivity index (χ0v) is 33.7. The zero-order valence-electron chi connectivity index (χ0n) is 33.7. The summed E-state index contributed by atoms with van der Waals surface area (Å²) in [5, 5.41) is 6.23. The minimum Gasteiger partial charge on any atom is -0.356 e. The summed E-state index contributed by atoms with van der Waals surface area (Å²) in [6, 6.07) is 77.4. The Morgan fingerprint density at radius 1 is 0.393 bits per heavy atom. The molecule has 1 aromatic heterocycles. The summed E-state index contributed by atoms with van der Waals surface area (Å²) < 4.78 is 2.38. The third-order valence-electron chi connectivity index (χ3n) is 12.6. The fourth-order valence-corrected chi connectivity index (χ4v) is 9.67. The van der Waals surface area contributed by atoms with Gasteiger partial charge in [-0.15, -0.1) is 0 Å². The fourth-order valence-electron chi connectivity index (χ4n) is 9.67. The molecule has 0 fully saturated rings. The van der Waals surface area contributed by atoms with Gasteiger partial charge in [0.2, 0.25) is 0 Å². The molecule has 0 radical (unpaired) electrons. The molecule has 0 amide bonds. The van der Waals surface area contributed by atoms with Crippen LogP contribution in [-0.4, -0.2) is 4.57 Å². The van der Waals surface area contributed by atoms with Gasteiger partial charge >= 0.3 is 0 Å². The van der Waals surface area contributed by atoms with Gasteiger partial charge in [0.25, 0.3) is 0 Å². The molecule has 1 aliphatic carbocycles. The van der Waals surface area contributed by atoms with Crippen LogP contribution in [-0.2, 0) is 5.41 Å². The Labute approximate surface area is 357 Å². The third kappa shape index (κ3) is 5.95. The molecule has 1 unspecified atom stereocenters. The Balaban J connectivity index is 0.969. The van der Waals surface area contributed by atoms with E-state index in [1.807, 2.05) is 12.2 Å². The summed E-state index contributed by atoms with van der Waals surface area (Å²) in [6.45, 7) is 7.95. The Bertz CT molecular complexity index is 3260. The molecule has 0 spiro atoms. The molecule has 0 bridgehead atoms. The van der Waals surface area contributed by atoms with Crippen LogP contribution in [0.25, 0.3) is 73.0 Å². The zero-order chi connectivity index (χ0) is 40.9. The number of nitrogens with one attached hydrogen (secondary N) is 1. The highest BCUT2D eigenvalue weighted by Crippen LogP contribution is 2.56. The number of benzene rings is 9.